The van der Waals surface area contributed by atoms with E-state index < -0.39 is 0 Å². The summed E-state index contributed by atoms with van der Waals surface area (Å²) in [5.74, 6) is 1.47. The number of nitrogens with one attached hydrogen (secondary N) is 2. The SMILES string of the molecule is N#Cc1ccc(C[NH+]2CC[NH+](Cc3cc(Cl)c4c(c3)OCCCO4)CC2)cc1. The Morgan fingerprint density at radius 3 is 2.21 bits per heavy atom. The summed E-state index contributed by atoms with van der Waals surface area (Å²) in [5, 5.41) is 9.57. The number of benzene rings is 2. The van der Waals surface area contributed by atoms with Gasteiger partial charge in [0.25, 0.3) is 0 Å². The maximum atomic E-state index is 8.92. The van der Waals surface area contributed by atoms with Gasteiger partial charge in [0, 0.05) is 17.5 Å². The Balaban J connectivity index is 1.32. The first-order valence-electron chi connectivity index (χ1n) is 9.95. The third kappa shape index (κ3) is 4.59. The Labute approximate surface area is 171 Å². The monoisotopic (exact) mass is 399 g/mol. The smallest absolute Gasteiger partial charge is 0.179 e. The zero-order valence-corrected chi connectivity index (χ0v) is 16.7. The van der Waals surface area contributed by atoms with E-state index in [2.05, 4.69) is 24.3 Å². The number of hydrogen-bond donors (Lipinski definition) is 2. The second-order valence-electron chi connectivity index (χ2n) is 7.62. The molecule has 0 radical (unpaired) electrons. The normalized spacial score (nSPS) is 21.6. The van der Waals surface area contributed by atoms with Crippen molar-refractivity contribution in [3.8, 4) is 17.6 Å². The predicted molar refractivity (Wildman–Crippen MR) is 107 cm³/mol. The summed E-state index contributed by atoms with van der Waals surface area (Å²) in [7, 11) is 0. The number of fused-ring (bicyclic) bond motifs is 1. The average Bonchev–Trinajstić information content (AvgIpc) is 2.96. The molecular weight excluding hydrogens is 374 g/mol. The van der Waals surface area contributed by atoms with Gasteiger partial charge in [-0.2, -0.15) is 5.26 Å². The standard InChI is InChI=1S/C22H24ClN3O2/c23-20-12-19(13-21-22(20)28-11-1-10-27-21)16-26-8-6-25(7-9-26)15-18-4-2-17(14-24)3-5-18/h2-5,12-13H,1,6-11,15-16H2/p+2. The van der Waals surface area contributed by atoms with Gasteiger partial charge in [0.05, 0.1) is 29.9 Å². The van der Waals surface area contributed by atoms with Gasteiger partial charge in [-0.15, -0.1) is 0 Å². The molecule has 0 aromatic heterocycles. The van der Waals surface area contributed by atoms with Crippen molar-refractivity contribution in [2.24, 2.45) is 0 Å². The van der Waals surface area contributed by atoms with E-state index in [1.807, 2.05) is 18.2 Å². The van der Waals surface area contributed by atoms with Crippen LogP contribution in [0.4, 0.5) is 0 Å². The molecule has 0 bridgehead atoms. The van der Waals surface area contributed by atoms with Crippen molar-refractivity contribution in [1.82, 2.24) is 0 Å². The molecule has 2 aromatic carbocycles. The van der Waals surface area contributed by atoms with E-state index in [1.165, 1.54) is 11.1 Å². The van der Waals surface area contributed by atoms with Crippen molar-refractivity contribution < 1.29 is 19.3 Å². The lowest BCUT2D eigenvalue weighted by atomic mass is 10.1. The molecule has 4 rings (SSSR count). The molecule has 2 aliphatic rings. The van der Waals surface area contributed by atoms with Gasteiger partial charge in [-0.3, -0.25) is 0 Å². The highest BCUT2D eigenvalue weighted by Gasteiger charge is 2.24. The molecule has 0 aliphatic carbocycles. The van der Waals surface area contributed by atoms with Gasteiger partial charge >= 0.3 is 0 Å². The first-order chi connectivity index (χ1) is 13.7. The van der Waals surface area contributed by atoms with E-state index in [0.717, 1.165) is 57.0 Å². The zero-order chi connectivity index (χ0) is 19.3. The maximum Gasteiger partial charge on any atom is 0.179 e. The highest BCUT2D eigenvalue weighted by atomic mass is 35.5. The molecule has 146 valence electrons. The van der Waals surface area contributed by atoms with Crippen molar-refractivity contribution in [1.29, 1.82) is 5.26 Å². The largest absolute Gasteiger partial charge is 0.489 e. The number of halogens is 1. The fourth-order valence-corrected chi connectivity index (χ4v) is 4.26. The van der Waals surface area contributed by atoms with Crippen LogP contribution in [0.2, 0.25) is 5.02 Å². The second-order valence-corrected chi connectivity index (χ2v) is 8.02. The van der Waals surface area contributed by atoms with Crippen LogP contribution in [0.3, 0.4) is 0 Å². The van der Waals surface area contributed by atoms with E-state index in [4.69, 9.17) is 26.3 Å². The molecule has 2 heterocycles. The van der Waals surface area contributed by atoms with Crippen molar-refractivity contribution in [3.63, 3.8) is 0 Å². The van der Waals surface area contributed by atoms with Crippen molar-refractivity contribution in [2.45, 2.75) is 19.5 Å². The minimum absolute atomic E-state index is 0.652. The van der Waals surface area contributed by atoms with Crippen molar-refractivity contribution in [2.75, 3.05) is 39.4 Å². The molecule has 2 aliphatic heterocycles. The van der Waals surface area contributed by atoms with Crippen LogP contribution < -0.4 is 19.3 Å². The van der Waals surface area contributed by atoms with Gasteiger partial charge in [0.2, 0.25) is 0 Å². The second kappa shape index (κ2) is 8.83. The summed E-state index contributed by atoms with van der Waals surface area (Å²) in [4.78, 5) is 3.18. The number of ether oxygens (including phenoxy) is 2. The minimum atomic E-state index is 0.652. The predicted octanol–water partition coefficient (Wildman–Crippen LogP) is 0.857. The van der Waals surface area contributed by atoms with Crippen LogP contribution in [0.5, 0.6) is 11.5 Å². The lowest BCUT2D eigenvalue weighted by Crippen LogP contribution is -3.27. The Bertz CT molecular complexity index is 855. The number of hydrogen-bond acceptors (Lipinski definition) is 3. The van der Waals surface area contributed by atoms with Crippen LogP contribution in [0.1, 0.15) is 23.1 Å². The molecule has 2 N–H and O–H groups in total. The first-order valence-corrected chi connectivity index (χ1v) is 10.3. The number of nitriles is 1. The van der Waals surface area contributed by atoms with E-state index in [9.17, 15) is 0 Å². The molecule has 1 saturated heterocycles. The zero-order valence-electron chi connectivity index (χ0n) is 16.0. The number of nitrogens with zero attached hydrogens (tertiary/aromatic N) is 1. The summed E-state index contributed by atoms with van der Waals surface area (Å²) in [6.07, 6.45) is 0.884. The number of rotatable bonds is 4. The topological polar surface area (TPSA) is 51.1 Å². The molecule has 0 amide bonds. The third-order valence-corrected chi connectivity index (χ3v) is 5.80. The molecule has 1 fully saturated rings. The lowest BCUT2D eigenvalue weighted by molar-refractivity contribution is -1.02. The fourth-order valence-electron chi connectivity index (χ4n) is 3.97. The average molecular weight is 400 g/mol. The first kappa shape index (κ1) is 19.1. The van der Waals surface area contributed by atoms with E-state index in [-0.39, 0.29) is 0 Å². The molecular formula is C22H26ClN3O2+2. The number of piperazine rings is 1. The highest BCUT2D eigenvalue weighted by molar-refractivity contribution is 6.32. The van der Waals surface area contributed by atoms with Crippen LogP contribution in [-0.4, -0.2) is 39.4 Å². The molecule has 2 aromatic rings. The van der Waals surface area contributed by atoms with E-state index in [1.54, 1.807) is 9.80 Å². The molecule has 0 spiro atoms. The Hall–Kier alpha value is -2.26. The summed E-state index contributed by atoms with van der Waals surface area (Å²) >= 11 is 6.43. The van der Waals surface area contributed by atoms with Gasteiger partial charge in [-0.1, -0.05) is 23.7 Å². The molecule has 0 unspecified atom stereocenters. The fraction of sp³-hybridized carbons (Fsp3) is 0.409. The summed E-state index contributed by atoms with van der Waals surface area (Å²) < 4.78 is 11.5. The molecule has 28 heavy (non-hydrogen) atoms. The highest BCUT2D eigenvalue weighted by Crippen LogP contribution is 2.37. The summed E-state index contributed by atoms with van der Waals surface area (Å²) in [5.41, 5.74) is 3.23. The Morgan fingerprint density at radius 2 is 1.54 bits per heavy atom. The van der Waals surface area contributed by atoms with E-state index in [0.29, 0.717) is 24.0 Å². The van der Waals surface area contributed by atoms with Gasteiger partial charge in [0.1, 0.15) is 39.3 Å². The maximum absolute atomic E-state index is 8.92. The molecule has 5 nitrogen and oxygen atoms in total. The van der Waals surface area contributed by atoms with Crippen LogP contribution in [0.25, 0.3) is 0 Å². The van der Waals surface area contributed by atoms with Crippen molar-refractivity contribution in [3.05, 3.63) is 58.1 Å². The van der Waals surface area contributed by atoms with Gasteiger partial charge < -0.3 is 19.3 Å². The van der Waals surface area contributed by atoms with Crippen molar-refractivity contribution >= 4 is 11.6 Å². The van der Waals surface area contributed by atoms with Crippen LogP contribution in [0, 0.1) is 11.3 Å². The van der Waals surface area contributed by atoms with Crippen LogP contribution in [-0.2, 0) is 13.1 Å². The lowest BCUT2D eigenvalue weighted by Gasteiger charge is -2.30. The number of quaternary nitrogens is 2. The molecule has 6 heteroatoms. The quantitative estimate of drug-likeness (QED) is 0.801. The van der Waals surface area contributed by atoms with Gasteiger partial charge in [-0.25, -0.2) is 0 Å². The Morgan fingerprint density at radius 1 is 0.893 bits per heavy atom. The summed E-state index contributed by atoms with van der Waals surface area (Å²) in [6, 6.07) is 14.3. The van der Waals surface area contributed by atoms with Gasteiger partial charge in [-0.05, 0) is 24.3 Å². The third-order valence-electron chi connectivity index (χ3n) is 5.52. The molecule has 0 saturated carbocycles. The van der Waals surface area contributed by atoms with Crippen LogP contribution >= 0.6 is 11.6 Å². The van der Waals surface area contributed by atoms with Gasteiger partial charge in [0.15, 0.2) is 11.5 Å². The summed E-state index contributed by atoms with van der Waals surface area (Å²) in [6.45, 7) is 7.88. The van der Waals surface area contributed by atoms with Crippen LogP contribution in [0.15, 0.2) is 36.4 Å². The molecule has 0 atom stereocenters. The Kier molecular flexibility index (Phi) is 6.01. The van der Waals surface area contributed by atoms with E-state index >= 15 is 0 Å². The minimum Gasteiger partial charge on any atom is -0.489 e.